The molecule has 3 saturated carbocycles. The summed E-state index contributed by atoms with van der Waals surface area (Å²) < 4.78 is 13.3. The first-order chi connectivity index (χ1) is 24.1. The number of carbonyl (C=O) groups excluding carboxylic acids is 2. The second kappa shape index (κ2) is 14.1. The number of ether oxygens (including phenoxy) is 2. The Morgan fingerprint density at radius 2 is 1.68 bits per heavy atom. The quantitative estimate of drug-likeness (QED) is 0.234. The van der Waals surface area contributed by atoms with Crippen molar-refractivity contribution in [3.8, 4) is 16.9 Å². The average Bonchev–Trinajstić information content (AvgIpc) is 3.85. The highest BCUT2D eigenvalue weighted by Gasteiger charge is 2.48. The molecule has 4 fully saturated rings. The second-order valence-electron chi connectivity index (χ2n) is 15.5. The number of amides is 2. The summed E-state index contributed by atoms with van der Waals surface area (Å²) in [6, 6.07) is 15.4. The molecule has 7 rings (SSSR count). The highest BCUT2D eigenvalue weighted by Crippen LogP contribution is 2.40. The van der Waals surface area contributed by atoms with Crippen molar-refractivity contribution in [2.45, 2.75) is 96.1 Å². The number of methoxy groups -OCH3 is 1. The maximum absolute atomic E-state index is 14.5. The summed E-state index contributed by atoms with van der Waals surface area (Å²) in [6.07, 6.45) is 12.5. The molecule has 0 spiro atoms. The zero-order chi connectivity index (χ0) is 35.0. The molecule has 1 saturated heterocycles. The zero-order valence-electron chi connectivity index (χ0n) is 29.6. The van der Waals surface area contributed by atoms with Gasteiger partial charge in [-0.15, -0.1) is 0 Å². The van der Waals surface area contributed by atoms with Crippen LogP contribution in [0.5, 0.6) is 5.75 Å². The van der Waals surface area contributed by atoms with Crippen LogP contribution in [0.2, 0.25) is 0 Å². The van der Waals surface area contributed by atoms with E-state index in [1.165, 1.54) is 23.3 Å². The third kappa shape index (κ3) is 7.25. The van der Waals surface area contributed by atoms with Gasteiger partial charge >= 0.3 is 12.1 Å². The molecule has 2 heterocycles. The number of anilines is 1. The molecule has 0 unspecified atom stereocenters. The normalized spacial score (nSPS) is 24.6. The van der Waals surface area contributed by atoms with E-state index in [2.05, 4.69) is 59.3 Å². The number of hydrogen-bond acceptors (Lipinski definition) is 6. The van der Waals surface area contributed by atoms with Gasteiger partial charge in [-0.2, -0.15) is 5.10 Å². The van der Waals surface area contributed by atoms with E-state index >= 15 is 0 Å². The second-order valence-corrected chi connectivity index (χ2v) is 15.5. The van der Waals surface area contributed by atoms with Crippen molar-refractivity contribution in [2.24, 2.45) is 17.3 Å². The molecule has 10 nitrogen and oxygen atoms in total. The minimum absolute atomic E-state index is 0.147. The van der Waals surface area contributed by atoms with Gasteiger partial charge in [0, 0.05) is 43.0 Å². The first-order valence-electron chi connectivity index (χ1n) is 18.4. The minimum Gasteiger partial charge on any atom is -0.496 e. The maximum Gasteiger partial charge on any atom is 0.410 e. The number of benzene rings is 2. The topological polar surface area (TPSA) is 114 Å². The Bertz CT molecular complexity index is 1710. The van der Waals surface area contributed by atoms with E-state index in [0.717, 1.165) is 53.8 Å². The minimum atomic E-state index is -0.907. The van der Waals surface area contributed by atoms with Crippen molar-refractivity contribution in [1.29, 1.82) is 0 Å². The van der Waals surface area contributed by atoms with Crippen molar-refractivity contribution in [3.05, 3.63) is 66.0 Å². The molecular formula is C40H50N4O6. The van der Waals surface area contributed by atoms with E-state index in [4.69, 9.17) is 9.47 Å². The summed E-state index contributed by atoms with van der Waals surface area (Å²) in [5.74, 6) is 0.937. The van der Waals surface area contributed by atoms with Gasteiger partial charge in [0.15, 0.2) is 0 Å². The molecular weight excluding hydrogens is 632 g/mol. The van der Waals surface area contributed by atoms with E-state index in [-0.39, 0.29) is 31.0 Å². The Kier molecular flexibility index (Phi) is 9.63. The van der Waals surface area contributed by atoms with Crippen molar-refractivity contribution < 1.29 is 29.0 Å². The number of aliphatic carboxylic acids is 1. The monoisotopic (exact) mass is 682 g/mol. The molecule has 1 aliphatic heterocycles. The SMILES string of the molecule is COc1ccc(C2CCC(CN(C(=O)C3CCC(OC(=O)N4CC(C)(C(=O)O)C4)CC3)c3cccc(-c4cnn(C5CC5)c4)c3)CC2)cc1C. The molecule has 2 amide bonds. The van der Waals surface area contributed by atoms with Gasteiger partial charge in [0.2, 0.25) is 5.91 Å². The summed E-state index contributed by atoms with van der Waals surface area (Å²) >= 11 is 0. The van der Waals surface area contributed by atoms with Gasteiger partial charge in [0.1, 0.15) is 17.3 Å². The first-order valence-corrected chi connectivity index (χ1v) is 18.4. The van der Waals surface area contributed by atoms with Crippen LogP contribution >= 0.6 is 0 Å². The summed E-state index contributed by atoms with van der Waals surface area (Å²) in [6.45, 7) is 4.75. The Balaban J connectivity index is 1.02. The zero-order valence-corrected chi connectivity index (χ0v) is 29.6. The summed E-state index contributed by atoms with van der Waals surface area (Å²) in [7, 11) is 1.71. The Morgan fingerprint density at radius 3 is 2.34 bits per heavy atom. The number of hydrogen-bond donors (Lipinski definition) is 1. The molecule has 1 N–H and O–H groups in total. The Morgan fingerprint density at radius 1 is 0.940 bits per heavy atom. The molecule has 1 aromatic heterocycles. The predicted molar refractivity (Wildman–Crippen MR) is 190 cm³/mol. The molecule has 3 aromatic rings. The van der Waals surface area contributed by atoms with Crippen LogP contribution in [-0.4, -0.2) is 70.6 Å². The fraction of sp³-hybridized carbons (Fsp3) is 0.550. The highest BCUT2D eigenvalue weighted by molar-refractivity contribution is 5.95. The molecule has 50 heavy (non-hydrogen) atoms. The number of nitrogens with zero attached hydrogens (tertiary/aromatic N) is 4. The number of carbonyl (C=O) groups is 3. The van der Waals surface area contributed by atoms with Gasteiger partial charge in [-0.1, -0.05) is 24.3 Å². The Hall–Kier alpha value is -4.34. The maximum atomic E-state index is 14.5. The molecule has 266 valence electrons. The van der Waals surface area contributed by atoms with Crippen LogP contribution in [0.4, 0.5) is 10.5 Å². The lowest BCUT2D eigenvalue weighted by Crippen LogP contribution is -2.61. The van der Waals surface area contributed by atoms with Crippen LogP contribution < -0.4 is 9.64 Å². The molecule has 2 aromatic carbocycles. The summed E-state index contributed by atoms with van der Waals surface area (Å²) in [5.41, 5.74) is 4.68. The van der Waals surface area contributed by atoms with Crippen molar-refractivity contribution in [2.75, 3.05) is 31.6 Å². The van der Waals surface area contributed by atoms with Crippen LogP contribution in [0.3, 0.4) is 0 Å². The standard InChI is InChI=1S/C40H50N4O6/c1-26-19-31(13-18-36(26)49-3)28-9-7-27(8-10-28)22-43(34-6-4-5-30(20-34)32-21-41-44(23-32)33-14-15-33)37(45)29-11-16-35(17-12-29)50-39(48)42-24-40(2,25-42)38(46)47/h4-6,13,18-21,23,27-29,33,35H,7-12,14-17,22,24-25H2,1-3H3,(H,46,47). The van der Waals surface area contributed by atoms with Crippen molar-refractivity contribution >= 4 is 23.7 Å². The van der Waals surface area contributed by atoms with Crippen LogP contribution in [0, 0.1) is 24.2 Å². The molecule has 4 aliphatic rings. The third-order valence-electron chi connectivity index (χ3n) is 11.6. The van der Waals surface area contributed by atoms with Gasteiger partial charge in [-0.3, -0.25) is 14.3 Å². The van der Waals surface area contributed by atoms with Gasteiger partial charge in [0.05, 0.1) is 19.3 Å². The summed E-state index contributed by atoms with van der Waals surface area (Å²) in [4.78, 5) is 42.1. The lowest BCUT2D eigenvalue weighted by Gasteiger charge is -2.44. The van der Waals surface area contributed by atoms with Crippen LogP contribution in [0.1, 0.15) is 94.2 Å². The number of rotatable bonds is 10. The fourth-order valence-electron chi connectivity index (χ4n) is 8.22. The van der Waals surface area contributed by atoms with E-state index in [1.807, 2.05) is 17.2 Å². The van der Waals surface area contributed by atoms with E-state index in [9.17, 15) is 19.5 Å². The average molecular weight is 683 g/mol. The lowest BCUT2D eigenvalue weighted by atomic mass is 9.78. The van der Waals surface area contributed by atoms with Crippen molar-refractivity contribution in [3.63, 3.8) is 0 Å². The van der Waals surface area contributed by atoms with Gasteiger partial charge in [-0.05, 0) is 125 Å². The van der Waals surface area contributed by atoms with E-state index < -0.39 is 17.5 Å². The molecule has 0 bridgehead atoms. The van der Waals surface area contributed by atoms with Crippen LogP contribution in [0.15, 0.2) is 54.9 Å². The molecule has 10 heteroatoms. The van der Waals surface area contributed by atoms with Crippen molar-refractivity contribution in [1.82, 2.24) is 14.7 Å². The van der Waals surface area contributed by atoms with E-state index in [1.54, 1.807) is 14.0 Å². The number of aromatic nitrogens is 2. The highest BCUT2D eigenvalue weighted by atomic mass is 16.6. The lowest BCUT2D eigenvalue weighted by molar-refractivity contribution is -0.157. The molecule has 0 atom stereocenters. The predicted octanol–water partition coefficient (Wildman–Crippen LogP) is 7.61. The summed E-state index contributed by atoms with van der Waals surface area (Å²) in [5, 5.41) is 14.0. The smallest absolute Gasteiger partial charge is 0.410 e. The molecule has 3 aliphatic carbocycles. The largest absolute Gasteiger partial charge is 0.496 e. The number of carboxylic acids is 1. The van der Waals surface area contributed by atoms with Crippen LogP contribution in [-0.2, 0) is 14.3 Å². The van der Waals surface area contributed by atoms with Gasteiger partial charge < -0.3 is 24.4 Å². The molecule has 0 radical (unpaired) electrons. The van der Waals surface area contributed by atoms with Crippen LogP contribution in [0.25, 0.3) is 11.1 Å². The fourth-order valence-corrected chi connectivity index (χ4v) is 8.22. The van der Waals surface area contributed by atoms with Gasteiger partial charge in [0.25, 0.3) is 0 Å². The number of aryl methyl sites for hydroxylation is 1. The number of likely N-dealkylation sites (tertiary alicyclic amines) is 1. The first kappa shape index (κ1) is 34.1. The number of carboxylic acid groups (broad SMARTS) is 1. The Labute approximate surface area is 294 Å². The third-order valence-corrected chi connectivity index (χ3v) is 11.6. The van der Waals surface area contributed by atoms with E-state index in [0.29, 0.717) is 50.1 Å². The van der Waals surface area contributed by atoms with Gasteiger partial charge in [-0.25, -0.2) is 4.79 Å².